The SMILES string of the molecule is CC(C)(C)OC(=O)NCc1nc(Cl)ccc1CC(COS(C)(=O)=O)C1CC1. The minimum Gasteiger partial charge on any atom is -0.444 e. The van der Waals surface area contributed by atoms with E-state index in [-0.39, 0.29) is 19.1 Å². The monoisotopic (exact) mass is 418 g/mol. The topological polar surface area (TPSA) is 94.6 Å². The summed E-state index contributed by atoms with van der Waals surface area (Å²) < 4.78 is 32.9. The normalized spacial score (nSPS) is 16.0. The van der Waals surface area contributed by atoms with Crippen molar-refractivity contribution in [3.8, 4) is 0 Å². The fourth-order valence-corrected chi connectivity index (χ4v) is 3.32. The second-order valence-electron chi connectivity index (χ2n) is 7.89. The van der Waals surface area contributed by atoms with Crippen molar-refractivity contribution in [1.82, 2.24) is 10.3 Å². The van der Waals surface area contributed by atoms with Gasteiger partial charge in [-0.15, -0.1) is 0 Å². The number of rotatable bonds is 8. The van der Waals surface area contributed by atoms with Crippen LogP contribution in [-0.4, -0.2) is 38.0 Å². The minimum atomic E-state index is -3.48. The minimum absolute atomic E-state index is 0.0722. The van der Waals surface area contributed by atoms with E-state index >= 15 is 0 Å². The van der Waals surface area contributed by atoms with Gasteiger partial charge in [-0.1, -0.05) is 17.7 Å². The molecule has 1 aromatic rings. The lowest BCUT2D eigenvalue weighted by Crippen LogP contribution is -2.32. The summed E-state index contributed by atoms with van der Waals surface area (Å²) >= 11 is 6.01. The number of alkyl carbamates (subject to hydrolysis) is 1. The van der Waals surface area contributed by atoms with E-state index in [1.807, 2.05) is 6.07 Å². The summed E-state index contributed by atoms with van der Waals surface area (Å²) in [5.74, 6) is 0.511. The maximum Gasteiger partial charge on any atom is 0.407 e. The highest BCUT2D eigenvalue weighted by Gasteiger charge is 2.32. The Labute approximate surface area is 165 Å². The van der Waals surface area contributed by atoms with Gasteiger partial charge >= 0.3 is 6.09 Å². The first kappa shape index (κ1) is 21.9. The Morgan fingerprint density at radius 1 is 1.37 bits per heavy atom. The van der Waals surface area contributed by atoms with E-state index in [1.165, 1.54) is 0 Å². The standard InChI is InChI=1S/C18H27ClN2O5S/c1-18(2,3)26-17(22)20-10-15-13(7-8-16(19)21-15)9-14(12-5-6-12)11-25-27(4,23)24/h7-8,12,14H,5-6,9-11H2,1-4H3,(H,20,22). The van der Waals surface area contributed by atoms with Gasteiger partial charge in [-0.3, -0.25) is 4.18 Å². The fraction of sp³-hybridized carbons (Fsp3) is 0.667. The molecule has 1 saturated carbocycles. The maximum atomic E-state index is 11.9. The summed E-state index contributed by atoms with van der Waals surface area (Å²) in [6.07, 6.45) is 3.25. The molecule has 1 heterocycles. The average molecular weight is 419 g/mol. The van der Waals surface area contributed by atoms with Crippen LogP contribution in [-0.2, 0) is 32.0 Å². The van der Waals surface area contributed by atoms with Gasteiger partial charge in [-0.05, 0) is 63.5 Å². The summed E-state index contributed by atoms with van der Waals surface area (Å²) in [5, 5.41) is 3.02. The molecule has 7 nitrogen and oxygen atoms in total. The van der Waals surface area contributed by atoms with Crippen LogP contribution >= 0.6 is 11.6 Å². The second-order valence-corrected chi connectivity index (χ2v) is 9.92. The lowest BCUT2D eigenvalue weighted by molar-refractivity contribution is 0.0522. The third-order valence-corrected chi connectivity index (χ3v) is 4.88. The first-order valence-corrected chi connectivity index (χ1v) is 11.1. The first-order valence-electron chi connectivity index (χ1n) is 8.88. The summed E-state index contributed by atoms with van der Waals surface area (Å²) in [4.78, 5) is 16.2. The van der Waals surface area contributed by atoms with E-state index in [1.54, 1.807) is 26.8 Å². The van der Waals surface area contributed by atoms with Crippen LogP contribution in [0.25, 0.3) is 0 Å². The highest BCUT2D eigenvalue weighted by Crippen LogP contribution is 2.39. The van der Waals surface area contributed by atoms with Crippen LogP contribution in [0.5, 0.6) is 0 Å². The molecule has 0 spiro atoms. The Balaban J connectivity index is 2.06. The van der Waals surface area contributed by atoms with Crippen molar-refractivity contribution in [3.05, 3.63) is 28.5 Å². The molecule has 1 N–H and O–H groups in total. The van der Waals surface area contributed by atoms with Crippen molar-refractivity contribution in [2.75, 3.05) is 12.9 Å². The van der Waals surface area contributed by atoms with Crippen molar-refractivity contribution in [2.24, 2.45) is 11.8 Å². The molecule has 1 aliphatic carbocycles. The van der Waals surface area contributed by atoms with Crippen LogP contribution in [0.1, 0.15) is 44.9 Å². The Morgan fingerprint density at radius 2 is 2.04 bits per heavy atom. The van der Waals surface area contributed by atoms with Gasteiger partial charge in [0, 0.05) is 0 Å². The number of aromatic nitrogens is 1. The fourth-order valence-electron chi connectivity index (χ4n) is 2.74. The molecular weight excluding hydrogens is 392 g/mol. The predicted octanol–water partition coefficient (Wildman–Crippen LogP) is 3.30. The van der Waals surface area contributed by atoms with Gasteiger partial charge in [0.1, 0.15) is 10.8 Å². The molecule has 1 atom stereocenters. The van der Waals surface area contributed by atoms with Crippen LogP contribution in [0.4, 0.5) is 4.79 Å². The highest BCUT2D eigenvalue weighted by molar-refractivity contribution is 7.85. The van der Waals surface area contributed by atoms with Crippen molar-refractivity contribution in [3.63, 3.8) is 0 Å². The number of amides is 1. The van der Waals surface area contributed by atoms with Gasteiger partial charge < -0.3 is 10.1 Å². The number of ether oxygens (including phenoxy) is 1. The third-order valence-electron chi connectivity index (χ3n) is 4.10. The molecule has 0 aromatic carbocycles. The van der Waals surface area contributed by atoms with Crippen molar-refractivity contribution >= 4 is 27.8 Å². The van der Waals surface area contributed by atoms with Gasteiger partial charge in [0.2, 0.25) is 0 Å². The lowest BCUT2D eigenvalue weighted by Gasteiger charge is -2.20. The van der Waals surface area contributed by atoms with E-state index in [0.717, 1.165) is 24.7 Å². The molecule has 1 unspecified atom stereocenters. The van der Waals surface area contributed by atoms with Gasteiger partial charge in [0.25, 0.3) is 10.1 Å². The molecular formula is C18H27ClN2O5S. The number of hydrogen-bond donors (Lipinski definition) is 1. The number of halogens is 1. The zero-order valence-corrected chi connectivity index (χ0v) is 17.7. The quantitative estimate of drug-likeness (QED) is 0.514. The number of nitrogens with zero attached hydrogens (tertiary/aromatic N) is 1. The molecule has 0 saturated heterocycles. The molecule has 0 aliphatic heterocycles. The van der Waals surface area contributed by atoms with E-state index in [2.05, 4.69) is 10.3 Å². The van der Waals surface area contributed by atoms with E-state index in [0.29, 0.717) is 23.2 Å². The zero-order valence-electron chi connectivity index (χ0n) is 16.1. The summed E-state index contributed by atoms with van der Waals surface area (Å²) in [6.45, 7) is 5.69. The Kier molecular flexibility index (Phi) is 7.10. The smallest absolute Gasteiger partial charge is 0.407 e. The molecule has 1 aromatic heterocycles. The van der Waals surface area contributed by atoms with Gasteiger partial charge in [0.15, 0.2) is 0 Å². The number of nitrogens with one attached hydrogen (secondary N) is 1. The van der Waals surface area contributed by atoms with Crippen molar-refractivity contribution in [1.29, 1.82) is 0 Å². The third kappa shape index (κ3) is 8.45. The van der Waals surface area contributed by atoms with E-state index in [4.69, 9.17) is 20.5 Å². The zero-order chi connectivity index (χ0) is 20.2. The molecule has 27 heavy (non-hydrogen) atoms. The Morgan fingerprint density at radius 3 is 2.59 bits per heavy atom. The van der Waals surface area contributed by atoms with Crippen LogP contribution in [0.2, 0.25) is 5.15 Å². The van der Waals surface area contributed by atoms with Crippen LogP contribution in [0.15, 0.2) is 12.1 Å². The highest BCUT2D eigenvalue weighted by atomic mass is 35.5. The average Bonchev–Trinajstić information content (AvgIpc) is 3.33. The first-order chi connectivity index (χ1) is 12.4. The van der Waals surface area contributed by atoms with Gasteiger partial charge in [0.05, 0.1) is 25.1 Å². The van der Waals surface area contributed by atoms with Gasteiger partial charge in [-0.2, -0.15) is 8.42 Å². The molecule has 1 aliphatic rings. The van der Waals surface area contributed by atoms with Crippen LogP contribution in [0.3, 0.4) is 0 Å². The number of pyridine rings is 1. The molecule has 152 valence electrons. The summed E-state index contributed by atoms with van der Waals surface area (Å²) in [6, 6.07) is 3.55. The van der Waals surface area contributed by atoms with E-state index < -0.39 is 21.8 Å². The van der Waals surface area contributed by atoms with Crippen molar-refractivity contribution in [2.45, 2.75) is 52.2 Å². The predicted molar refractivity (Wildman–Crippen MR) is 103 cm³/mol. The Hall–Kier alpha value is -1.38. The molecule has 1 fully saturated rings. The molecule has 1 amide bonds. The van der Waals surface area contributed by atoms with E-state index in [9.17, 15) is 13.2 Å². The molecule has 2 rings (SSSR count). The second kappa shape index (κ2) is 8.75. The van der Waals surface area contributed by atoms with Crippen LogP contribution in [0, 0.1) is 11.8 Å². The number of hydrogen-bond acceptors (Lipinski definition) is 6. The summed E-state index contributed by atoms with van der Waals surface area (Å²) in [5.41, 5.74) is 0.956. The molecule has 9 heteroatoms. The van der Waals surface area contributed by atoms with Crippen LogP contribution < -0.4 is 5.32 Å². The summed E-state index contributed by atoms with van der Waals surface area (Å²) in [7, 11) is -3.48. The lowest BCUT2D eigenvalue weighted by atomic mass is 9.94. The number of carbonyl (C=O) groups is 1. The van der Waals surface area contributed by atoms with Crippen molar-refractivity contribution < 1.29 is 22.1 Å². The molecule has 0 bridgehead atoms. The molecule has 0 radical (unpaired) electrons. The maximum absolute atomic E-state index is 11.9. The Bertz CT molecular complexity index is 772. The van der Waals surface area contributed by atoms with Gasteiger partial charge in [-0.25, -0.2) is 9.78 Å². The largest absolute Gasteiger partial charge is 0.444 e. The number of carbonyl (C=O) groups excluding carboxylic acids is 1.